The molecular formula is C15H24N2. The molecule has 0 aliphatic heterocycles. The molecule has 0 aliphatic carbocycles. The summed E-state index contributed by atoms with van der Waals surface area (Å²) in [4.78, 5) is 0. The Kier molecular flexibility index (Phi) is 5.39. The van der Waals surface area contributed by atoms with E-state index in [0.29, 0.717) is 0 Å². The topological polar surface area (TPSA) is 38.0 Å². The molecule has 0 spiro atoms. The van der Waals surface area contributed by atoms with Crippen molar-refractivity contribution in [1.82, 2.24) is 5.43 Å². The van der Waals surface area contributed by atoms with E-state index in [4.69, 9.17) is 5.84 Å². The van der Waals surface area contributed by atoms with Crippen molar-refractivity contribution in [3.8, 4) is 0 Å². The molecule has 3 N–H and O–H groups in total. The Hall–Kier alpha value is -1.12. The lowest BCUT2D eigenvalue weighted by molar-refractivity contribution is 0.497. The Bertz CT molecular complexity index is 360. The molecular weight excluding hydrogens is 208 g/mol. The summed E-state index contributed by atoms with van der Waals surface area (Å²) in [5, 5.41) is 0. The second-order valence-corrected chi connectivity index (χ2v) is 4.75. The molecule has 0 heterocycles. The Labute approximate surface area is 105 Å². The smallest absolute Gasteiger partial charge is 0.0465 e. The van der Waals surface area contributed by atoms with E-state index in [-0.39, 0.29) is 6.04 Å². The molecule has 1 aromatic rings. The van der Waals surface area contributed by atoms with Gasteiger partial charge < -0.3 is 0 Å². The van der Waals surface area contributed by atoms with E-state index in [1.54, 1.807) is 0 Å². The van der Waals surface area contributed by atoms with Crippen molar-refractivity contribution in [2.45, 2.75) is 46.1 Å². The lowest BCUT2D eigenvalue weighted by Gasteiger charge is -2.21. The molecule has 0 bridgehead atoms. The number of unbranched alkanes of at least 4 members (excludes halogenated alkanes) is 1. The summed E-state index contributed by atoms with van der Waals surface area (Å²) in [6, 6.07) is 4.69. The highest BCUT2D eigenvalue weighted by atomic mass is 15.2. The zero-order valence-electron chi connectivity index (χ0n) is 11.2. The molecule has 1 unspecified atom stereocenters. The van der Waals surface area contributed by atoms with Crippen LogP contribution in [-0.4, -0.2) is 0 Å². The van der Waals surface area contributed by atoms with Crippen LogP contribution in [0.1, 0.15) is 47.6 Å². The van der Waals surface area contributed by atoms with E-state index >= 15 is 0 Å². The van der Waals surface area contributed by atoms with Crippen LogP contribution in [0, 0.1) is 20.8 Å². The van der Waals surface area contributed by atoms with E-state index < -0.39 is 0 Å². The van der Waals surface area contributed by atoms with Crippen molar-refractivity contribution in [2.75, 3.05) is 0 Å². The first-order valence-electron chi connectivity index (χ1n) is 6.25. The van der Waals surface area contributed by atoms with Gasteiger partial charge in [-0.2, -0.15) is 0 Å². The van der Waals surface area contributed by atoms with Gasteiger partial charge in [0.05, 0.1) is 0 Å². The highest BCUT2D eigenvalue weighted by molar-refractivity contribution is 5.39. The largest absolute Gasteiger partial charge is 0.271 e. The van der Waals surface area contributed by atoms with Gasteiger partial charge in [0.1, 0.15) is 0 Å². The number of hydrogen-bond acceptors (Lipinski definition) is 2. The maximum Gasteiger partial charge on any atom is 0.0465 e. The van der Waals surface area contributed by atoms with Crippen LogP contribution in [0.25, 0.3) is 0 Å². The van der Waals surface area contributed by atoms with Crippen LogP contribution in [0.4, 0.5) is 0 Å². The molecule has 0 amide bonds. The van der Waals surface area contributed by atoms with Crippen molar-refractivity contribution < 1.29 is 0 Å². The molecule has 2 heteroatoms. The third-order valence-corrected chi connectivity index (χ3v) is 3.19. The van der Waals surface area contributed by atoms with Gasteiger partial charge in [-0.25, -0.2) is 0 Å². The monoisotopic (exact) mass is 232 g/mol. The highest BCUT2D eigenvalue weighted by Crippen LogP contribution is 2.26. The van der Waals surface area contributed by atoms with Crippen LogP contribution in [0.15, 0.2) is 24.8 Å². The number of hydrogen-bond donors (Lipinski definition) is 2. The molecule has 94 valence electrons. The normalized spacial score (nSPS) is 12.5. The fraction of sp³-hybridized carbons (Fsp3) is 0.467. The molecule has 0 radical (unpaired) electrons. The number of allylic oxidation sites excluding steroid dienone is 1. The Morgan fingerprint density at radius 2 is 1.88 bits per heavy atom. The maximum atomic E-state index is 5.69. The third-order valence-electron chi connectivity index (χ3n) is 3.19. The lowest BCUT2D eigenvalue weighted by atomic mass is 9.91. The van der Waals surface area contributed by atoms with Crippen molar-refractivity contribution in [3.63, 3.8) is 0 Å². The molecule has 0 aromatic heterocycles. The second kappa shape index (κ2) is 6.58. The Balaban J connectivity index is 2.91. The van der Waals surface area contributed by atoms with Crippen molar-refractivity contribution in [2.24, 2.45) is 5.84 Å². The summed E-state index contributed by atoms with van der Waals surface area (Å²) in [7, 11) is 0. The number of nitrogens with two attached hydrogens (primary N) is 1. The summed E-state index contributed by atoms with van der Waals surface area (Å²) in [6.07, 6.45) is 5.17. The van der Waals surface area contributed by atoms with Crippen LogP contribution < -0.4 is 11.3 Å². The molecule has 17 heavy (non-hydrogen) atoms. The average molecular weight is 232 g/mol. The predicted octanol–water partition coefficient (Wildman–Crippen LogP) is 3.47. The van der Waals surface area contributed by atoms with Crippen LogP contribution in [-0.2, 0) is 0 Å². The SMILES string of the molecule is C=CCCCC(NN)c1c(C)cc(C)cc1C. The maximum absolute atomic E-state index is 5.69. The second-order valence-electron chi connectivity index (χ2n) is 4.75. The first-order chi connectivity index (χ1) is 8.10. The van der Waals surface area contributed by atoms with Gasteiger partial charge in [-0.15, -0.1) is 6.58 Å². The van der Waals surface area contributed by atoms with Crippen LogP contribution in [0.2, 0.25) is 0 Å². The van der Waals surface area contributed by atoms with Gasteiger partial charge in [-0.05, 0) is 56.7 Å². The van der Waals surface area contributed by atoms with E-state index in [1.165, 1.54) is 22.3 Å². The third kappa shape index (κ3) is 3.69. The van der Waals surface area contributed by atoms with E-state index in [2.05, 4.69) is 44.9 Å². The Morgan fingerprint density at radius 1 is 1.29 bits per heavy atom. The molecule has 1 rings (SSSR count). The highest BCUT2D eigenvalue weighted by Gasteiger charge is 2.14. The van der Waals surface area contributed by atoms with Gasteiger partial charge in [0.15, 0.2) is 0 Å². The molecule has 1 atom stereocenters. The first-order valence-corrected chi connectivity index (χ1v) is 6.25. The summed E-state index contributed by atoms with van der Waals surface area (Å²) < 4.78 is 0. The van der Waals surface area contributed by atoms with E-state index in [1.807, 2.05) is 6.08 Å². The van der Waals surface area contributed by atoms with E-state index in [0.717, 1.165) is 19.3 Å². The van der Waals surface area contributed by atoms with Gasteiger partial charge in [-0.3, -0.25) is 11.3 Å². The molecule has 2 nitrogen and oxygen atoms in total. The predicted molar refractivity (Wildman–Crippen MR) is 74.8 cm³/mol. The summed E-state index contributed by atoms with van der Waals surface area (Å²) in [6.45, 7) is 10.2. The zero-order valence-corrected chi connectivity index (χ0v) is 11.2. The molecule has 0 saturated carbocycles. The van der Waals surface area contributed by atoms with Crippen molar-refractivity contribution in [3.05, 3.63) is 47.0 Å². The minimum atomic E-state index is 0.246. The zero-order chi connectivity index (χ0) is 12.8. The lowest BCUT2D eigenvalue weighted by Crippen LogP contribution is -2.29. The molecule has 0 saturated heterocycles. The number of rotatable bonds is 6. The molecule has 0 aliphatic rings. The fourth-order valence-corrected chi connectivity index (χ4v) is 2.52. The van der Waals surface area contributed by atoms with Crippen LogP contribution in [0.3, 0.4) is 0 Å². The van der Waals surface area contributed by atoms with E-state index in [9.17, 15) is 0 Å². The van der Waals surface area contributed by atoms with Gasteiger partial charge in [0.25, 0.3) is 0 Å². The minimum absolute atomic E-state index is 0.246. The number of hydrazine groups is 1. The molecule has 0 fully saturated rings. The Morgan fingerprint density at radius 3 is 2.35 bits per heavy atom. The minimum Gasteiger partial charge on any atom is -0.271 e. The summed E-state index contributed by atoms with van der Waals surface area (Å²) in [5.41, 5.74) is 8.25. The average Bonchev–Trinajstić information content (AvgIpc) is 2.25. The number of benzene rings is 1. The molecule has 1 aromatic carbocycles. The quantitative estimate of drug-likeness (QED) is 0.341. The van der Waals surface area contributed by atoms with Crippen LogP contribution in [0.5, 0.6) is 0 Å². The van der Waals surface area contributed by atoms with Crippen molar-refractivity contribution in [1.29, 1.82) is 0 Å². The first kappa shape index (κ1) is 13.9. The van der Waals surface area contributed by atoms with Gasteiger partial charge >= 0.3 is 0 Å². The van der Waals surface area contributed by atoms with Gasteiger partial charge in [0.2, 0.25) is 0 Å². The van der Waals surface area contributed by atoms with Gasteiger partial charge in [-0.1, -0.05) is 23.8 Å². The van der Waals surface area contributed by atoms with Crippen molar-refractivity contribution >= 4 is 0 Å². The van der Waals surface area contributed by atoms with Gasteiger partial charge in [0, 0.05) is 6.04 Å². The fourth-order valence-electron chi connectivity index (χ4n) is 2.52. The van der Waals surface area contributed by atoms with Crippen LogP contribution >= 0.6 is 0 Å². The summed E-state index contributed by atoms with van der Waals surface area (Å²) in [5.74, 6) is 5.69. The summed E-state index contributed by atoms with van der Waals surface area (Å²) >= 11 is 0. The number of aryl methyl sites for hydroxylation is 3. The number of nitrogens with one attached hydrogen (secondary N) is 1. The standard InChI is InChI=1S/C15H24N2/c1-5-6-7-8-14(17-16)15-12(3)9-11(2)10-13(15)4/h5,9-10,14,17H,1,6-8,16H2,2-4H3.